The average Bonchev–Trinajstić information content (AvgIpc) is 2.66. The fourth-order valence-electron chi connectivity index (χ4n) is 2.54. The van der Waals surface area contributed by atoms with Crippen LogP contribution in [0.25, 0.3) is 0 Å². The Bertz CT molecular complexity index is 335. The average molecular weight is 204 g/mol. The number of anilines is 1. The third-order valence-corrected chi connectivity index (χ3v) is 3.65. The van der Waals surface area contributed by atoms with Gasteiger partial charge in [-0.25, -0.2) is 0 Å². The predicted octanol–water partition coefficient (Wildman–Crippen LogP) is 2.37. The molecule has 0 fully saturated rings. The van der Waals surface area contributed by atoms with Gasteiger partial charge < -0.3 is 10.6 Å². The predicted molar refractivity (Wildman–Crippen MR) is 65.4 cm³/mol. The summed E-state index contributed by atoms with van der Waals surface area (Å²) in [6, 6.07) is 8.71. The van der Waals surface area contributed by atoms with Gasteiger partial charge in [0.2, 0.25) is 0 Å². The van der Waals surface area contributed by atoms with Crippen LogP contribution in [0.3, 0.4) is 0 Å². The minimum Gasteiger partial charge on any atom is -0.384 e. The molecule has 1 aromatic rings. The first-order valence-electron chi connectivity index (χ1n) is 5.80. The Balaban J connectivity index is 2.28. The van der Waals surface area contributed by atoms with E-state index in [1.165, 1.54) is 24.1 Å². The topological polar surface area (TPSA) is 24.1 Å². The minimum absolute atomic E-state index is 0.347. The first kappa shape index (κ1) is 10.5. The first-order valence-corrected chi connectivity index (χ1v) is 5.80. The number of nitrogens with one attached hydrogen (secondary N) is 2. The van der Waals surface area contributed by atoms with Crippen molar-refractivity contribution in [3.05, 3.63) is 29.8 Å². The van der Waals surface area contributed by atoms with Crippen molar-refractivity contribution in [2.45, 2.75) is 25.2 Å². The van der Waals surface area contributed by atoms with Gasteiger partial charge in [-0.15, -0.1) is 0 Å². The van der Waals surface area contributed by atoms with Crippen molar-refractivity contribution in [2.24, 2.45) is 0 Å². The van der Waals surface area contributed by atoms with Crippen LogP contribution in [0.5, 0.6) is 0 Å². The van der Waals surface area contributed by atoms with Crippen LogP contribution < -0.4 is 10.6 Å². The Morgan fingerprint density at radius 1 is 1.40 bits per heavy atom. The van der Waals surface area contributed by atoms with E-state index in [4.69, 9.17) is 0 Å². The number of benzene rings is 1. The molecule has 2 nitrogen and oxygen atoms in total. The van der Waals surface area contributed by atoms with Gasteiger partial charge in [-0.1, -0.05) is 25.1 Å². The summed E-state index contributed by atoms with van der Waals surface area (Å²) in [5, 5.41) is 6.78. The molecule has 15 heavy (non-hydrogen) atoms. The van der Waals surface area contributed by atoms with Crippen molar-refractivity contribution in [1.82, 2.24) is 5.32 Å². The van der Waals surface area contributed by atoms with Crippen LogP contribution >= 0.6 is 0 Å². The van der Waals surface area contributed by atoms with Crippen molar-refractivity contribution in [2.75, 3.05) is 25.5 Å². The molecule has 2 heteroatoms. The molecule has 82 valence electrons. The summed E-state index contributed by atoms with van der Waals surface area (Å²) in [5.41, 5.74) is 3.18. The number of hydrogen-bond donors (Lipinski definition) is 2. The Morgan fingerprint density at radius 3 is 2.93 bits per heavy atom. The van der Waals surface area contributed by atoms with Crippen molar-refractivity contribution in [1.29, 1.82) is 0 Å². The maximum absolute atomic E-state index is 3.52. The highest BCUT2D eigenvalue weighted by Crippen LogP contribution is 2.41. The van der Waals surface area contributed by atoms with E-state index < -0.39 is 0 Å². The Morgan fingerprint density at radius 2 is 2.20 bits per heavy atom. The maximum atomic E-state index is 3.52. The van der Waals surface area contributed by atoms with Gasteiger partial charge in [0.1, 0.15) is 0 Å². The molecular weight excluding hydrogens is 184 g/mol. The molecule has 0 aromatic heterocycles. The lowest BCUT2D eigenvalue weighted by Gasteiger charge is -2.27. The second-order valence-corrected chi connectivity index (χ2v) is 4.39. The highest BCUT2D eigenvalue weighted by atomic mass is 14.9. The van der Waals surface area contributed by atoms with Crippen molar-refractivity contribution in [3.63, 3.8) is 0 Å². The molecule has 0 radical (unpaired) electrons. The molecule has 0 saturated heterocycles. The fraction of sp³-hybridized carbons (Fsp3) is 0.538. The van der Waals surface area contributed by atoms with Crippen LogP contribution in [0, 0.1) is 0 Å². The fourth-order valence-corrected chi connectivity index (χ4v) is 2.54. The maximum Gasteiger partial charge on any atom is 0.0379 e. The van der Waals surface area contributed by atoms with Gasteiger partial charge in [0.25, 0.3) is 0 Å². The van der Waals surface area contributed by atoms with Crippen LogP contribution in [-0.4, -0.2) is 20.1 Å². The molecule has 0 saturated carbocycles. The standard InChI is InChI=1S/C13H20N2/c1-3-13(8-9-14-2)10-15-12-7-5-4-6-11(12)13/h4-7,14-15H,3,8-10H2,1-2H3. The largest absolute Gasteiger partial charge is 0.384 e. The summed E-state index contributed by atoms with van der Waals surface area (Å²) in [5.74, 6) is 0. The normalized spacial score (nSPS) is 23.6. The second kappa shape index (κ2) is 4.23. The summed E-state index contributed by atoms with van der Waals surface area (Å²) in [6.07, 6.45) is 2.42. The van der Waals surface area contributed by atoms with E-state index >= 15 is 0 Å². The van der Waals surface area contributed by atoms with Gasteiger partial charge in [-0.05, 0) is 38.1 Å². The highest BCUT2D eigenvalue weighted by molar-refractivity contribution is 5.60. The van der Waals surface area contributed by atoms with Crippen molar-refractivity contribution in [3.8, 4) is 0 Å². The smallest absolute Gasteiger partial charge is 0.0379 e. The Labute approximate surface area is 92.1 Å². The van der Waals surface area contributed by atoms with E-state index in [1.54, 1.807) is 0 Å². The lowest BCUT2D eigenvalue weighted by atomic mass is 9.77. The zero-order valence-corrected chi connectivity index (χ0v) is 9.64. The van der Waals surface area contributed by atoms with E-state index in [0.717, 1.165) is 13.1 Å². The minimum atomic E-state index is 0.347. The Kier molecular flexibility index (Phi) is 2.96. The summed E-state index contributed by atoms with van der Waals surface area (Å²) >= 11 is 0. The van der Waals surface area contributed by atoms with E-state index in [-0.39, 0.29) is 0 Å². The van der Waals surface area contributed by atoms with Crippen molar-refractivity contribution >= 4 is 5.69 Å². The van der Waals surface area contributed by atoms with Crippen LogP contribution in [0.4, 0.5) is 5.69 Å². The second-order valence-electron chi connectivity index (χ2n) is 4.39. The summed E-state index contributed by atoms with van der Waals surface area (Å²) < 4.78 is 0. The molecule has 1 unspecified atom stereocenters. The molecule has 0 bridgehead atoms. The van der Waals surface area contributed by atoms with Gasteiger partial charge in [-0.3, -0.25) is 0 Å². The van der Waals surface area contributed by atoms with Crippen LogP contribution in [0.2, 0.25) is 0 Å². The Hall–Kier alpha value is -1.02. The molecule has 1 heterocycles. The van der Waals surface area contributed by atoms with E-state index in [2.05, 4.69) is 41.8 Å². The molecule has 1 atom stereocenters. The summed E-state index contributed by atoms with van der Waals surface area (Å²) in [7, 11) is 2.03. The van der Waals surface area contributed by atoms with E-state index in [0.29, 0.717) is 5.41 Å². The lowest BCUT2D eigenvalue weighted by Crippen LogP contribution is -2.31. The molecule has 0 spiro atoms. The molecule has 1 aliphatic rings. The van der Waals surface area contributed by atoms with Crippen LogP contribution in [0.1, 0.15) is 25.3 Å². The monoisotopic (exact) mass is 204 g/mol. The molecule has 1 aromatic carbocycles. The van der Waals surface area contributed by atoms with Crippen LogP contribution in [0.15, 0.2) is 24.3 Å². The van der Waals surface area contributed by atoms with Gasteiger partial charge in [0, 0.05) is 17.6 Å². The summed E-state index contributed by atoms with van der Waals surface area (Å²) in [4.78, 5) is 0. The molecular formula is C13H20N2. The quantitative estimate of drug-likeness (QED) is 0.787. The van der Waals surface area contributed by atoms with E-state index in [1.807, 2.05) is 7.05 Å². The number of para-hydroxylation sites is 1. The van der Waals surface area contributed by atoms with Gasteiger partial charge in [0.15, 0.2) is 0 Å². The molecule has 1 aliphatic heterocycles. The van der Waals surface area contributed by atoms with Crippen molar-refractivity contribution < 1.29 is 0 Å². The van der Waals surface area contributed by atoms with Gasteiger partial charge in [0.05, 0.1) is 0 Å². The number of fused-ring (bicyclic) bond motifs is 1. The third-order valence-electron chi connectivity index (χ3n) is 3.65. The zero-order chi connectivity index (χ0) is 10.7. The molecule has 2 N–H and O–H groups in total. The number of rotatable bonds is 4. The highest BCUT2D eigenvalue weighted by Gasteiger charge is 2.36. The van der Waals surface area contributed by atoms with Crippen LogP contribution in [-0.2, 0) is 5.41 Å². The number of hydrogen-bond acceptors (Lipinski definition) is 2. The lowest BCUT2D eigenvalue weighted by molar-refractivity contribution is 0.411. The zero-order valence-electron chi connectivity index (χ0n) is 9.64. The molecule has 0 aliphatic carbocycles. The summed E-state index contributed by atoms with van der Waals surface area (Å²) in [6.45, 7) is 4.47. The molecule has 2 rings (SSSR count). The first-order chi connectivity index (χ1) is 7.32. The van der Waals surface area contributed by atoms with Gasteiger partial charge in [-0.2, -0.15) is 0 Å². The molecule has 0 amide bonds. The SMILES string of the molecule is CCC1(CCNC)CNc2ccccc21. The van der Waals surface area contributed by atoms with Gasteiger partial charge >= 0.3 is 0 Å². The third kappa shape index (κ3) is 1.74. The van der Waals surface area contributed by atoms with E-state index in [9.17, 15) is 0 Å².